The Bertz CT molecular complexity index is 620. The van der Waals surface area contributed by atoms with Gasteiger partial charge in [-0.1, -0.05) is 32.9 Å². The second kappa shape index (κ2) is 5.11. The molecule has 0 radical (unpaired) electrons. The first-order valence-corrected chi connectivity index (χ1v) is 6.60. The molecular formula is C14H19N3O3. The number of carboxylic acid groups (broad SMARTS) is 1. The number of hydrogen-bond donors (Lipinski definition) is 1. The van der Waals surface area contributed by atoms with E-state index in [9.17, 15) is 9.90 Å². The molecule has 108 valence electrons. The lowest BCUT2D eigenvalue weighted by Crippen LogP contribution is -2.15. The third-order valence-electron chi connectivity index (χ3n) is 3.01. The fourth-order valence-electron chi connectivity index (χ4n) is 2.11. The Hall–Kier alpha value is -2.11. The van der Waals surface area contributed by atoms with Crippen molar-refractivity contribution in [3.63, 3.8) is 0 Å². The number of imidazole rings is 1. The second-order valence-electron chi connectivity index (χ2n) is 5.76. The molecule has 2 rings (SSSR count). The van der Waals surface area contributed by atoms with Gasteiger partial charge >= 0.3 is 5.97 Å². The SMILES string of the molecule is CCCn1cncc1-c1noc(C(C)(C)C)c1C(=O)O. The Kier molecular flexibility index (Phi) is 3.65. The third kappa shape index (κ3) is 2.45. The monoisotopic (exact) mass is 277 g/mol. The summed E-state index contributed by atoms with van der Waals surface area (Å²) in [6, 6.07) is 0. The maximum atomic E-state index is 11.6. The third-order valence-corrected chi connectivity index (χ3v) is 3.01. The molecule has 0 saturated carbocycles. The highest BCUT2D eigenvalue weighted by Gasteiger charge is 2.32. The fraction of sp³-hybridized carbons (Fsp3) is 0.500. The van der Waals surface area contributed by atoms with Crippen molar-refractivity contribution in [1.29, 1.82) is 0 Å². The first-order chi connectivity index (χ1) is 9.36. The van der Waals surface area contributed by atoms with Gasteiger partial charge in [-0.15, -0.1) is 0 Å². The molecule has 0 amide bonds. The lowest BCUT2D eigenvalue weighted by Gasteiger charge is -2.14. The van der Waals surface area contributed by atoms with Crippen LogP contribution >= 0.6 is 0 Å². The number of aromatic carboxylic acids is 1. The Morgan fingerprint density at radius 3 is 2.70 bits per heavy atom. The minimum Gasteiger partial charge on any atom is -0.477 e. The summed E-state index contributed by atoms with van der Waals surface area (Å²) < 4.78 is 7.19. The Balaban J connectivity index is 2.60. The summed E-state index contributed by atoms with van der Waals surface area (Å²) in [5.74, 6) is -0.653. The fourth-order valence-corrected chi connectivity index (χ4v) is 2.11. The van der Waals surface area contributed by atoms with E-state index in [4.69, 9.17) is 4.52 Å². The maximum absolute atomic E-state index is 11.6. The van der Waals surface area contributed by atoms with Gasteiger partial charge in [0, 0.05) is 12.0 Å². The van der Waals surface area contributed by atoms with E-state index in [2.05, 4.69) is 10.1 Å². The normalized spacial score (nSPS) is 11.8. The topological polar surface area (TPSA) is 81.2 Å². The minimum absolute atomic E-state index is 0.121. The minimum atomic E-state index is -1.03. The molecule has 1 N–H and O–H groups in total. The molecule has 0 aliphatic carbocycles. The molecule has 0 unspecified atom stereocenters. The summed E-state index contributed by atoms with van der Waals surface area (Å²) in [6.45, 7) is 8.49. The highest BCUT2D eigenvalue weighted by molar-refractivity contribution is 5.95. The van der Waals surface area contributed by atoms with Crippen LogP contribution in [0.1, 0.15) is 50.2 Å². The highest BCUT2D eigenvalue weighted by atomic mass is 16.5. The maximum Gasteiger partial charge on any atom is 0.341 e. The van der Waals surface area contributed by atoms with Crippen molar-refractivity contribution in [3.8, 4) is 11.4 Å². The van der Waals surface area contributed by atoms with Crippen LogP contribution in [0, 0.1) is 0 Å². The van der Waals surface area contributed by atoms with Gasteiger partial charge in [-0.25, -0.2) is 9.78 Å². The van der Waals surface area contributed by atoms with E-state index >= 15 is 0 Å². The van der Waals surface area contributed by atoms with E-state index in [-0.39, 0.29) is 5.56 Å². The van der Waals surface area contributed by atoms with Crippen molar-refractivity contribution in [2.45, 2.75) is 46.1 Å². The molecule has 0 fully saturated rings. The van der Waals surface area contributed by atoms with Crippen molar-refractivity contribution in [2.24, 2.45) is 0 Å². The van der Waals surface area contributed by atoms with E-state index in [1.165, 1.54) is 0 Å². The van der Waals surface area contributed by atoms with Crippen molar-refractivity contribution < 1.29 is 14.4 Å². The standard InChI is InChI=1S/C14H19N3O3/c1-5-6-17-8-15-7-9(17)11-10(13(18)19)12(20-16-11)14(2,3)4/h7-8H,5-6H2,1-4H3,(H,18,19). The van der Waals surface area contributed by atoms with Crippen molar-refractivity contribution in [2.75, 3.05) is 0 Å². The van der Waals surface area contributed by atoms with Crippen LogP contribution in [0.15, 0.2) is 17.0 Å². The van der Waals surface area contributed by atoms with Gasteiger partial charge in [-0.2, -0.15) is 0 Å². The van der Waals surface area contributed by atoms with E-state index in [1.807, 2.05) is 32.3 Å². The number of carbonyl (C=O) groups is 1. The Labute approximate surface area is 117 Å². The van der Waals surface area contributed by atoms with Crippen LogP contribution in [0.4, 0.5) is 0 Å². The summed E-state index contributed by atoms with van der Waals surface area (Å²) >= 11 is 0. The van der Waals surface area contributed by atoms with Crippen LogP contribution in [-0.4, -0.2) is 25.8 Å². The smallest absolute Gasteiger partial charge is 0.341 e. The number of hydrogen-bond acceptors (Lipinski definition) is 4. The predicted octanol–water partition coefficient (Wildman–Crippen LogP) is 2.94. The van der Waals surface area contributed by atoms with E-state index < -0.39 is 11.4 Å². The summed E-state index contributed by atoms with van der Waals surface area (Å²) in [5.41, 5.74) is 0.710. The zero-order chi connectivity index (χ0) is 14.9. The average molecular weight is 277 g/mol. The van der Waals surface area contributed by atoms with Crippen LogP contribution in [0.5, 0.6) is 0 Å². The highest BCUT2D eigenvalue weighted by Crippen LogP contribution is 2.33. The van der Waals surface area contributed by atoms with Crippen molar-refractivity contribution >= 4 is 5.97 Å². The number of aryl methyl sites for hydroxylation is 1. The summed E-state index contributed by atoms with van der Waals surface area (Å²) in [4.78, 5) is 15.7. The molecule has 0 aliphatic heterocycles. The summed E-state index contributed by atoms with van der Waals surface area (Å²) in [5, 5.41) is 13.5. The van der Waals surface area contributed by atoms with Gasteiger partial charge in [0.15, 0.2) is 5.76 Å². The molecule has 0 spiro atoms. The van der Waals surface area contributed by atoms with Gasteiger partial charge in [0.05, 0.1) is 18.2 Å². The number of nitrogens with zero attached hydrogens (tertiary/aromatic N) is 3. The Morgan fingerprint density at radius 1 is 1.45 bits per heavy atom. The molecule has 2 heterocycles. The van der Waals surface area contributed by atoms with Gasteiger partial charge in [0.2, 0.25) is 0 Å². The van der Waals surface area contributed by atoms with Crippen LogP contribution in [0.25, 0.3) is 11.4 Å². The lowest BCUT2D eigenvalue weighted by atomic mass is 9.89. The van der Waals surface area contributed by atoms with Crippen molar-refractivity contribution in [3.05, 3.63) is 23.8 Å². The van der Waals surface area contributed by atoms with Crippen molar-refractivity contribution in [1.82, 2.24) is 14.7 Å². The summed E-state index contributed by atoms with van der Waals surface area (Å²) in [7, 11) is 0. The quantitative estimate of drug-likeness (QED) is 0.929. The zero-order valence-electron chi connectivity index (χ0n) is 12.2. The van der Waals surface area contributed by atoms with Crippen LogP contribution in [0.3, 0.4) is 0 Å². The molecule has 0 aromatic carbocycles. The Morgan fingerprint density at radius 2 is 2.15 bits per heavy atom. The average Bonchev–Trinajstić information content (AvgIpc) is 2.92. The number of carboxylic acids is 1. The van der Waals surface area contributed by atoms with E-state index in [0.717, 1.165) is 13.0 Å². The van der Waals surface area contributed by atoms with E-state index in [1.54, 1.807) is 12.5 Å². The number of aromatic nitrogens is 3. The molecule has 2 aromatic heterocycles. The predicted molar refractivity (Wildman–Crippen MR) is 73.7 cm³/mol. The first-order valence-electron chi connectivity index (χ1n) is 6.60. The van der Waals surface area contributed by atoms with Crippen LogP contribution < -0.4 is 0 Å². The second-order valence-corrected chi connectivity index (χ2v) is 5.76. The molecule has 6 nitrogen and oxygen atoms in total. The van der Waals surface area contributed by atoms with Gasteiger partial charge in [-0.3, -0.25) is 0 Å². The van der Waals surface area contributed by atoms with Crippen LogP contribution in [-0.2, 0) is 12.0 Å². The molecule has 6 heteroatoms. The van der Waals surface area contributed by atoms with Crippen LogP contribution in [0.2, 0.25) is 0 Å². The first kappa shape index (κ1) is 14.3. The summed E-state index contributed by atoms with van der Waals surface area (Å²) in [6.07, 6.45) is 4.22. The number of rotatable bonds is 4. The molecular weight excluding hydrogens is 258 g/mol. The van der Waals surface area contributed by atoms with Gasteiger partial charge in [0.25, 0.3) is 0 Å². The molecule has 20 heavy (non-hydrogen) atoms. The largest absolute Gasteiger partial charge is 0.477 e. The van der Waals surface area contributed by atoms with E-state index in [0.29, 0.717) is 17.1 Å². The van der Waals surface area contributed by atoms with Gasteiger partial charge in [0.1, 0.15) is 11.3 Å². The molecule has 0 aliphatic rings. The molecule has 0 atom stereocenters. The zero-order valence-corrected chi connectivity index (χ0v) is 12.2. The molecule has 2 aromatic rings. The molecule has 0 saturated heterocycles. The van der Waals surface area contributed by atoms with Gasteiger partial charge in [-0.05, 0) is 6.42 Å². The lowest BCUT2D eigenvalue weighted by molar-refractivity contribution is 0.0692. The van der Waals surface area contributed by atoms with Gasteiger partial charge < -0.3 is 14.2 Å². The molecule has 0 bridgehead atoms.